The van der Waals surface area contributed by atoms with E-state index in [0.29, 0.717) is 0 Å². The summed E-state index contributed by atoms with van der Waals surface area (Å²) in [4.78, 5) is 2.44. The van der Waals surface area contributed by atoms with E-state index in [1.165, 1.54) is 111 Å². The first-order valence-corrected chi connectivity index (χ1v) is 35.5. The fourth-order valence-electron chi connectivity index (χ4n) is 15.4. The Labute approximate surface area is 597 Å². The van der Waals surface area contributed by atoms with E-state index < -0.39 is 10.8 Å². The van der Waals surface area contributed by atoms with Crippen LogP contribution in [0, 0.1) is 0 Å². The van der Waals surface area contributed by atoms with E-state index >= 15 is 0 Å². The van der Waals surface area contributed by atoms with Crippen molar-refractivity contribution in [2.24, 2.45) is 0 Å². The minimum Gasteiger partial charge on any atom is -0.311 e. The van der Waals surface area contributed by atoms with E-state index in [4.69, 9.17) is 6.58 Å². The highest BCUT2D eigenvalue weighted by Crippen LogP contribution is 2.60. The van der Waals surface area contributed by atoms with Crippen LogP contribution in [0.3, 0.4) is 0 Å². The lowest BCUT2D eigenvalue weighted by molar-refractivity contribution is 0.587. The van der Waals surface area contributed by atoms with Crippen LogP contribution in [0.5, 0.6) is 0 Å². The van der Waals surface area contributed by atoms with Crippen LogP contribution in [0.2, 0.25) is 0 Å². The maximum absolute atomic E-state index is 4.99. The van der Waals surface area contributed by atoms with Crippen molar-refractivity contribution in [3.05, 3.63) is 387 Å². The Kier molecular flexibility index (Phi) is 22.6. The van der Waals surface area contributed by atoms with Gasteiger partial charge in [-0.25, -0.2) is 0 Å². The molecule has 0 aliphatic heterocycles. The molecule has 99 heavy (non-hydrogen) atoms. The van der Waals surface area contributed by atoms with Crippen LogP contribution >= 0.6 is 0 Å². The molecule has 3 aliphatic rings. The first kappa shape index (κ1) is 73.4. The summed E-state index contributed by atoms with van der Waals surface area (Å²) in [5, 5.41) is 0. The molecule has 0 spiro atoms. The van der Waals surface area contributed by atoms with Gasteiger partial charge in [-0.05, 0) is 249 Å². The molecule has 3 aliphatic carbocycles. The summed E-state index contributed by atoms with van der Waals surface area (Å²) in [7, 11) is 0. The summed E-state index contributed by atoms with van der Waals surface area (Å²) in [5.41, 5.74) is 30.6. The van der Waals surface area contributed by atoms with Crippen LogP contribution in [0.25, 0.3) is 34.9 Å². The average molecular weight is 1300 g/mol. The predicted molar refractivity (Wildman–Crippen MR) is 438 cm³/mol. The van der Waals surface area contributed by atoms with Crippen LogP contribution in [0.15, 0.2) is 304 Å². The van der Waals surface area contributed by atoms with Gasteiger partial charge in [0.2, 0.25) is 0 Å². The van der Waals surface area contributed by atoms with Crippen molar-refractivity contribution in [1.29, 1.82) is 0 Å². The standard InChI is InChI=1S/C92H95N.2C3H6/c1-19-30-61(7)91(83-39-28-26-35-66(83)32-21-3)85(57-70-41-49-73(60-86(70)91)90(16,17)18)68-46-54-77(55-47-68)93(75-50-42-65(43-51-75)80-56-69-40-48-72(89(13,14)15)59-81(69)87(80)79-38-27-25-34-64(79)31-20-2)76-52-44-67(45-53-76)82(24-6)92(74-37-29-36-71(58-74)88(10,11)12)63(9)62(8)78(23-5)84(92)33-22-4;2*1-3-2/h19-31,33-60,87H,3-4,7,32H2,1-2,5-6,8-18H3;2*3H,1H2,2H3/b30-19-,31-20+,78-23-,82-24-,84-33+;;. The Morgan fingerprint density at radius 1 is 0.525 bits per heavy atom. The predicted octanol–water partition coefficient (Wildman–Crippen LogP) is 27.6. The molecule has 3 atom stereocenters. The van der Waals surface area contributed by atoms with Crippen LogP contribution in [-0.2, 0) is 33.5 Å². The number of nitrogens with zero attached hydrogens (tertiary/aromatic N) is 1. The van der Waals surface area contributed by atoms with Gasteiger partial charge in [0.15, 0.2) is 0 Å². The molecule has 0 aromatic heterocycles. The second kappa shape index (κ2) is 30.5. The molecule has 0 bridgehead atoms. The van der Waals surface area contributed by atoms with Crippen molar-refractivity contribution in [2.45, 2.75) is 157 Å². The molecule has 8 aromatic rings. The topological polar surface area (TPSA) is 3.24 Å². The maximum Gasteiger partial charge on any atom is 0.0710 e. The van der Waals surface area contributed by atoms with Gasteiger partial charge >= 0.3 is 0 Å². The highest BCUT2D eigenvalue weighted by atomic mass is 15.1. The minimum atomic E-state index is -0.681. The molecule has 3 unspecified atom stereocenters. The molecule has 504 valence electrons. The fraction of sp³-hybridized carbons (Fsp3) is 0.245. The molecule has 0 saturated carbocycles. The summed E-state index contributed by atoms with van der Waals surface area (Å²) in [6, 6.07) is 69.5. The summed E-state index contributed by atoms with van der Waals surface area (Å²) in [6.07, 6.45) is 28.8. The average Bonchev–Trinajstić information content (AvgIpc) is 1.59. The molecule has 1 nitrogen and oxygen atoms in total. The Morgan fingerprint density at radius 2 is 1.08 bits per heavy atom. The quantitative estimate of drug-likeness (QED) is 0.0688. The van der Waals surface area contributed by atoms with E-state index in [1.54, 1.807) is 12.2 Å². The van der Waals surface area contributed by atoms with Crippen molar-refractivity contribution in [3.8, 4) is 0 Å². The van der Waals surface area contributed by atoms with E-state index in [1.807, 2.05) is 26.0 Å². The van der Waals surface area contributed by atoms with E-state index in [0.717, 1.165) is 40.2 Å². The van der Waals surface area contributed by atoms with Crippen molar-refractivity contribution in [3.63, 3.8) is 0 Å². The summed E-state index contributed by atoms with van der Waals surface area (Å²) in [5.74, 6) is 0.0560. The molecule has 1 heteroatoms. The molecule has 11 rings (SSSR count). The van der Waals surface area contributed by atoms with Gasteiger partial charge < -0.3 is 4.90 Å². The number of allylic oxidation sites excluding steroid dienone is 18. The van der Waals surface area contributed by atoms with E-state index in [9.17, 15) is 0 Å². The van der Waals surface area contributed by atoms with Gasteiger partial charge in [-0.3, -0.25) is 0 Å². The molecule has 0 saturated heterocycles. The van der Waals surface area contributed by atoms with E-state index in [-0.39, 0.29) is 22.2 Å². The number of fused-ring (bicyclic) bond motifs is 2. The minimum absolute atomic E-state index is 0.00363. The lowest BCUT2D eigenvalue weighted by Crippen LogP contribution is -2.31. The Balaban J connectivity index is 0.00000184. The SMILES string of the molecule is C=C/C=C1\C(=C/C)C(C)=C(C)C1(/C(=C\C)c1ccc(N(c2ccc(C3=Cc4ccc(C(C)(C)C)cc4C3c3ccccc3/C=C/C)cc2)c2ccc(C3=Cc4ccc(C(C)(C)C)cc4C3(C(=C)/C=C\C)c3ccccc3CC=C)cc2)cc1)c1cccc(C(C)(C)C)c1.C=CC.C=CC. The van der Waals surface area contributed by atoms with Gasteiger partial charge in [0.1, 0.15) is 0 Å². The van der Waals surface area contributed by atoms with Gasteiger partial charge in [-0.15, -0.1) is 19.7 Å². The van der Waals surface area contributed by atoms with Gasteiger partial charge in [0, 0.05) is 23.0 Å². The molecular formula is C98H107N. The molecular weight excluding hydrogens is 1190 g/mol. The number of anilines is 3. The second-order valence-corrected chi connectivity index (χ2v) is 29.6. The highest BCUT2D eigenvalue weighted by Gasteiger charge is 2.49. The van der Waals surface area contributed by atoms with Crippen molar-refractivity contribution < 1.29 is 0 Å². The molecule has 0 amide bonds. The summed E-state index contributed by atoms with van der Waals surface area (Å²) in [6.45, 7) is 58.1. The third-order valence-corrected chi connectivity index (χ3v) is 20.2. The summed E-state index contributed by atoms with van der Waals surface area (Å²) >= 11 is 0. The van der Waals surface area contributed by atoms with Gasteiger partial charge in [-0.1, -0.05) is 293 Å². The third kappa shape index (κ3) is 14.0. The zero-order chi connectivity index (χ0) is 71.8. The van der Waals surface area contributed by atoms with Crippen LogP contribution in [0.1, 0.15) is 207 Å². The Bertz CT molecular complexity index is 4590. The van der Waals surface area contributed by atoms with Gasteiger partial charge in [0.25, 0.3) is 0 Å². The fourth-order valence-corrected chi connectivity index (χ4v) is 15.4. The molecule has 8 aromatic carbocycles. The van der Waals surface area contributed by atoms with Crippen LogP contribution in [0.4, 0.5) is 17.1 Å². The van der Waals surface area contributed by atoms with Crippen molar-refractivity contribution in [2.75, 3.05) is 4.90 Å². The molecule has 0 radical (unpaired) electrons. The second-order valence-electron chi connectivity index (χ2n) is 29.6. The van der Waals surface area contributed by atoms with Crippen LogP contribution in [-0.4, -0.2) is 0 Å². The Hall–Kier alpha value is -9.82. The third-order valence-electron chi connectivity index (χ3n) is 20.2. The number of hydrogen-bond acceptors (Lipinski definition) is 1. The number of benzene rings is 8. The lowest BCUT2D eigenvalue weighted by Gasteiger charge is -2.38. The Morgan fingerprint density at radius 3 is 1.65 bits per heavy atom. The molecule has 0 fully saturated rings. The zero-order valence-electron chi connectivity index (χ0n) is 62.6. The lowest BCUT2D eigenvalue weighted by atomic mass is 9.63. The first-order valence-electron chi connectivity index (χ1n) is 35.5. The molecule has 0 heterocycles. The van der Waals surface area contributed by atoms with Gasteiger partial charge in [0.05, 0.1) is 10.8 Å². The molecule has 0 N–H and O–H groups in total. The smallest absolute Gasteiger partial charge is 0.0710 e. The summed E-state index contributed by atoms with van der Waals surface area (Å²) < 4.78 is 0. The normalized spacial score (nSPS) is 18.3. The monoisotopic (exact) mass is 1300 g/mol. The zero-order valence-corrected chi connectivity index (χ0v) is 62.6. The van der Waals surface area contributed by atoms with Gasteiger partial charge in [-0.2, -0.15) is 0 Å². The van der Waals surface area contributed by atoms with Crippen molar-refractivity contribution in [1.82, 2.24) is 0 Å². The number of hydrogen-bond donors (Lipinski definition) is 0. The highest BCUT2D eigenvalue weighted by molar-refractivity contribution is 6.01. The number of rotatable bonds is 16. The van der Waals surface area contributed by atoms with Crippen molar-refractivity contribution >= 4 is 52.0 Å². The van der Waals surface area contributed by atoms with E-state index in [2.05, 4.69) is 372 Å². The largest absolute Gasteiger partial charge is 0.311 e. The first-order chi connectivity index (χ1) is 47.3. The maximum atomic E-state index is 4.99. The van der Waals surface area contributed by atoms with Crippen LogP contribution < -0.4 is 4.90 Å².